The first-order chi connectivity index (χ1) is 10.8. The van der Waals surface area contributed by atoms with E-state index in [1.54, 1.807) is 0 Å². The SMILES string of the molecule is O=C(Nc1ccccc1)C1=C[NH+]2CN(N3CCC3)C=CC2=N1. The van der Waals surface area contributed by atoms with Gasteiger partial charge in [-0.15, -0.1) is 0 Å². The summed E-state index contributed by atoms with van der Waals surface area (Å²) >= 11 is 0. The number of amides is 1. The largest absolute Gasteiger partial charge is 0.320 e. The molecule has 1 fully saturated rings. The van der Waals surface area contributed by atoms with E-state index in [0.29, 0.717) is 5.70 Å². The quantitative estimate of drug-likeness (QED) is 0.836. The molecule has 2 N–H and O–H groups in total. The van der Waals surface area contributed by atoms with E-state index in [0.717, 1.165) is 36.2 Å². The third-order valence-electron chi connectivity index (χ3n) is 4.08. The Balaban J connectivity index is 1.45. The van der Waals surface area contributed by atoms with Crippen LogP contribution in [-0.4, -0.2) is 41.5 Å². The molecule has 0 saturated carbocycles. The zero-order valence-corrected chi connectivity index (χ0v) is 12.2. The zero-order valence-electron chi connectivity index (χ0n) is 12.2. The summed E-state index contributed by atoms with van der Waals surface area (Å²) in [6.07, 6.45) is 7.18. The summed E-state index contributed by atoms with van der Waals surface area (Å²) in [5.41, 5.74) is 1.26. The topological polar surface area (TPSA) is 52.4 Å². The van der Waals surface area contributed by atoms with E-state index in [4.69, 9.17) is 0 Å². The molecule has 3 heterocycles. The summed E-state index contributed by atoms with van der Waals surface area (Å²) in [6, 6.07) is 9.45. The number of rotatable bonds is 3. The van der Waals surface area contributed by atoms with Crippen LogP contribution in [0.3, 0.4) is 0 Å². The lowest BCUT2D eigenvalue weighted by Gasteiger charge is -2.41. The molecule has 1 saturated heterocycles. The van der Waals surface area contributed by atoms with Crippen molar-refractivity contribution in [1.82, 2.24) is 10.0 Å². The highest BCUT2D eigenvalue weighted by molar-refractivity contribution is 6.06. The van der Waals surface area contributed by atoms with Gasteiger partial charge in [0.05, 0.1) is 0 Å². The van der Waals surface area contributed by atoms with E-state index in [-0.39, 0.29) is 5.91 Å². The second-order valence-corrected chi connectivity index (χ2v) is 5.59. The Bertz CT molecular complexity index is 675. The minimum atomic E-state index is -0.162. The molecule has 6 nitrogen and oxygen atoms in total. The molecule has 0 spiro atoms. The number of carbonyl (C=O) groups is 1. The first-order valence-corrected chi connectivity index (χ1v) is 7.52. The van der Waals surface area contributed by atoms with Crippen molar-refractivity contribution in [2.24, 2.45) is 4.99 Å². The molecule has 1 aromatic carbocycles. The van der Waals surface area contributed by atoms with Gasteiger partial charge in [-0.1, -0.05) is 18.2 Å². The predicted molar refractivity (Wildman–Crippen MR) is 83.6 cm³/mol. The molecule has 0 aliphatic carbocycles. The van der Waals surface area contributed by atoms with E-state index in [1.165, 1.54) is 6.42 Å². The number of amidine groups is 1. The first kappa shape index (κ1) is 13.2. The number of aliphatic imine (C=N–C) groups is 1. The molecule has 1 aromatic rings. The maximum absolute atomic E-state index is 12.3. The van der Waals surface area contributed by atoms with Gasteiger partial charge in [-0.3, -0.25) is 9.80 Å². The minimum absolute atomic E-state index is 0.162. The number of carbonyl (C=O) groups excluding carboxylic acids is 1. The van der Waals surface area contributed by atoms with Gasteiger partial charge in [-0.05, 0) is 18.6 Å². The first-order valence-electron chi connectivity index (χ1n) is 7.52. The van der Waals surface area contributed by atoms with Crippen LogP contribution < -0.4 is 10.2 Å². The number of anilines is 1. The Kier molecular flexibility index (Phi) is 3.25. The maximum atomic E-state index is 12.3. The molecule has 1 unspecified atom stereocenters. The Morgan fingerprint density at radius 1 is 1.23 bits per heavy atom. The highest BCUT2D eigenvalue weighted by atomic mass is 16.2. The fraction of sp³-hybridized carbons (Fsp3) is 0.250. The molecule has 3 aliphatic rings. The van der Waals surface area contributed by atoms with E-state index in [9.17, 15) is 4.79 Å². The van der Waals surface area contributed by atoms with Crippen LogP contribution >= 0.6 is 0 Å². The second kappa shape index (κ2) is 5.40. The van der Waals surface area contributed by atoms with Gasteiger partial charge in [0.15, 0.2) is 12.4 Å². The lowest BCUT2D eigenvalue weighted by atomic mass is 10.3. The summed E-state index contributed by atoms with van der Waals surface area (Å²) in [5.74, 6) is 0.736. The average Bonchev–Trinajstić information content (AvgIpc) is 2.90. The van der Waals surface area contributed by atoms with Gasteiger partial charge >= 0.3 is 0 Å². The van der Waals surface area contributed by atoms with Crippen molar-refractivity contribution in [3.05, 3.63) is 54.5 Å². The van der Waals surface area contributed by atoms with Gasteiger partial charge in [-0.2, -0.15) is 4.99 Å². The number of fused-ring (bicyclic) bond motifs is 1. The molecule has 0 aromatic heterocycles. The van der Waals surface area contributed by atoms with Gasteiger partial charge in [-0.25, -0.2) is 9.91 Å². The summed E-state index contributed by atoms with van der Waals surface area (Å²) in [7, 11) is 0. The molecule has 6 heteroatoms. The van der Waals surface area contributed by atoms with E-state index >= 15 is 0 Å². The standard InChI is InChI=1S/C16H17N5O/c22-16(17-13-5-2-1-3-6-13)14-11-19-12-21(20-8-4-9-20)10-7-15(19)18-14/h1-3,5-7,10-11H,4,8-9,12H2,(H,17,22)/p+1. The number of nitrogens with one attached hydrogen (secondary N) is 2. The number of benzene rings is 1. The van der Waals surface area contributed by atoms with Crippen LogP contribution in [0.5, 0.6) is 0 Å². The fourth-order valence-electron chi connectivity index (χ4n) is 2.71. The maximum Gasteiger partial charge on any atom is 0.280 e. The van der Waals surface area contributed by atoms with E-state index in [1.807, 2.05) is 48.8 Å². The number of hydrogen-bond acceptors (Lipinski definition) is 4. The van der Waals surface area contributed by atoms with Crippen molar-refractivity contribution in [2.75, 3.05) is 25.1 Å². The van der Waals surface area contributed by atoms with Crippen molar-refractivity contribution >= 4 is 17.4 Å². The summed E-state index contributed by atoms with van der Waals surface area (Å²) in [5, 5.41) is 7.38. The average molecular weight is 296 g/mol. The number of quaternary nitrogens is 1. The Hall–Kier alpha value is -2.44. The summed E-state index contributed by atoms with van der Waals surface area (Å²) < 4.78 is 0. The van der Waals surface area contributed by atoms with Gasteiger partial charge in [0.1, 0.15) is 6.20 Å². The van der Waals surface area contributed by atoms with Crippen molar-refractivity contribution in [3.63, 3.8) is 0 Å². The van der Waals surface area contributed by atoms with Crippen LogP contribution in [0, 0.1) is 0 Å². The Morgan fingerprint density at radius 2 is 2.05 bits per heavy atom. The molecular weight excluding hydrogens is 278 g/mol. The smallest absolute Gasteiger partial charge is 0.280 e. The summed E-state index contributed by atoms with van der Waals surface area (Å²) in [6.45, 7) is 3.00. The molecule has 4 rings (SSSR count). The van der Waals surface area contributed by atoms with Crippen LogP contribution in [-0.2, 0) is 4.79 Å². The monoisotopic (exact) mass is 296 g/mol. The van der Waals surface area contributed by atoms with Crippen molar-refractivity contribution in [1.29, 1.82) is 0 Å². The van der Waals surface area contributed by atoms with Crippen LogP contribution in [0.1, 0.15) is 6.42 Å². The minimum Gasteiger partial charge on any atom is -0.320 e. The fourth-order valence-corrected chi connectivity index (χ4v) is 2.71. The molecule has 112 valence electrons. The number of para-hydroxylation sites is 1. The third kappa shape index (κ3) is 2.43. The molecule has 1 amide bonds. The van der Waals surface area contributed by atoms with Crippen molar-refractivity contribution in [3.8, 4) is 0 Å². The van der Waals surface area contributed by atoms with Crippen LogP contribution in [0.25, 0.3) is 0 Å². The lowest BCUT2D eigenvalue weighted by Crippen LogP contribution is -3.11. The molecule has 3 aliphatic heterocycles. The second-order valence-electron chi connectivity index (χ2n) is 5.59. The van der Waals surface area contributed by atoms with Gasteiger partial charge in [0.25, 0.3) is 5.91 Å². The number of hydrazine groups is 1. The van der Waals surface area contributed by atoms with Crippen molar-refractivity contribution in [2.45, 2.75) is 6.42 Å². The highest BCUT2D eigenvalue weighted by Gasteiger charge is 2.32. The van der Waals surface area contributed by atoms with Crippen LogP contribution in [0.4, 0.5) is 5.69 Å². The third-order valence-corrected chi connectivity index (χ3v) is 4.08. The van der Waals surface area contributed by atoms with Gasteiger partial charge in [0.2, 0.25) is 5.84 Å². The molecular formula is C16H18N5O+. The lowest BCUT2D eigenvalue weighted by molar-refractivity contribution is -0.763. The van der Waals surface area contributed by atoms with E-state index in [2.05, 4.69) is 20.3 Å². The zero-order chi connectivity index (χ0) is 14.9. The molecule has 22 heavy (non-hydrogen) atoms. The molecule has 0 bridgehead atoms. The van der Waals surface area contributed by atoms with Gasteiger partial charge in [0, 0.05) is 31.1 Å². The van der Waals surface area contributed by atoms with Crippen molar-refractivity contribution < 1.29 is 9.69 Å². The Labute approximate surface area is 129 Å². The van der Waals surface area contributed by atoms with E-state index < -0.39 is 0 Å². The van der Waals surface area contributed by atoms with Gasteiger partial charge < -0.3 is 5.32 Å². The molecule has 1 atom stereocenters. The Morgan fingerprint density at radius 3 is 2.77 bits per heavy atom. The normalized spacial score (nSPS) is 23.5. The summed E-state index contributed by atoms with van der Waals surface area (Å²) in [4.78, 5) is 17.8. The number of hydrogen-bond donors (Lipinski definition) is 2. The van der Waals surface area contributed by atoms with Crippen LogP contribution in [0.15, 0.2) is 59.5 Å². The van der Waals surface area contributed by atoms with Crippen LogP contribution in [0.2, 0.25) is 0 Å². The highest BCUT2D eigenvalue weighted by Crippen LogP contribution is 2.13. The number of nitrogens with zero attached hydrogens (tertiary/aromatic N) is 3. The predicted octanol–water partition coefficient (Wildman–Crippen LogP) is 0.171. The molecule has 0 radical (unpaired) electrons.